The first-order valence-corrected chi connectivity index (χ1v) is 12.6. The molecule has 10 heteroatoms. The third kappa shape index (κ3) is 6.28. The van der Waals surface area contributed by atoms with E-state index in [-0.39, 0.29) is 17.8 Å². The zero-order valence-corrected chi connectivity index (χ0v) is 21.7. The Balaban J connectivity index is 1.32. The standard InChI is InChI=1S/C29H29F3N6O/c1-19-3-4-22(15-20(19)5-8-25-16-21-9-10-33-27(21)36-35-25)28(39)34-24-7-6-23(26(17-24)29(30,31)32)18-38-13-11-37(2)12-14-38/h3-4,6-7,9-10,15-17,33,35-36H,11-14,18H2,1-2H3,(H,34,39). The summed E-state index contributed by atoms with van der Waals surface area (Å²) in [6.07, 6.45) is -0.822. The molecular formula is C29H29F3N6O. The van der Waals surface area contributed by atoms with Crippen LogP contribution in [0.3, 0.4) is 0 Å². The summed E-state index contributed by atoms with van der Waals surface area (Å²) in [4.78, 5) is 20.2. The molecule has 202 valence electrons. The number of rotatable bonds is 4. The van der Waals surface area contributed by atoms with Gasteiger partial charge < -0.3 is 15.2 Å². The van der Waals surface area contributed by atoms with Gasteiger partial charge in [0.05, 0.1) is 5.56 Å². The summed E-state index contributed by atoms with van der Waals surface area (Å²) in [6.45, 7) is 5.15. The highest BCUT2D eigenvalue weighted by Gasteiger charge is 2.34. The molecule has 0 unspecified atom stereocenters. The summed E-state index contributed by atoms with van der Waals surface area (Å²) in [5.41, 5.74) is 9.02. The fraction of sp³-hybridized carbons (Fsp3) is 0.276. The maximum absolute atomic E-state index is 13.9. The van der Waals surface area contributed by atoms with E-state index in [4.69, 9.17) is 0 Å². The number of hydrazine groups is 1. The van der Waals surface area contributed by atoms with E-state index in [9.17, 15) is 18.0 Å². The van der Waals surface area contributed by atoms with Crippen molar-refractivity contribution in [3.8, 4) is 11.8 Å². The Kier molecular flexibility index (Phi) is 7.37. The van der Waals surface area contributed by atoms with Gasteiger partial charge in [0.2, 0.25) is 0 Å². The van der Waals surface area contributed by atoms with Crippen molar-refractivity contribution in [2.45, 2.75) is 19.6 Å². The third-order valence-corrected chi connectivity index (χ3v) is 6.90. The Morgan fingerprint density at radius 3 is 2.59 bits per heavy atom. The number of amides is 1. The van der Waals surface area contributed by atoms with Crippen LogP contribution in [0.5, 0.6) is 0 Å². The number of likely N-dealkylation sites (N-methyl/N-ethyl adjacent to an activating group) is 1. The second-order valence-corrected chi connectivity index (χ2v) is 9.80. The zero-order chi connectivity index (χ0) is 27.6. The number of halogens is 3. The van der Waals surface area contributed by atoms with E-state index in [2.05, 4.69) is 37.9 Å². The molecule has 3 heterocycles. The fourth-order valence-electron chi connectivity index (χ4n) is 4.54. The van der Waals surface area contributed by atoms with Gasteiger partial charge in [0.1, 0.15) is 11.5 Å². The molecule has 0 saturated carbocycles. The third-order valence-electron chi connectivity index (χ3n) is 6.90. The van der Waals surface area contributed by atoms with Crippen molar-refractivity contribution in [2.75, 3.05) is 44.0 Å². The van der Waals surface area contributed by atoms with E-state index in [1.807, 2.05) is 37.2 Å². The fourth-order valence-corrected chi connectivity index (χ4v) is 4.54. The van der Waals surface area contributed by atoms with Crippen molar-refractivity contribution >= 4 is 23.5 Å². The van der Waals surface area contributed by atoms with Crippen molar-refractivity contribution in [3.63, 3.8) is 0 Å². The first-order chi connectivity index (χ1) is 18.7. The van der Waals surface area contributed by atoms with Crippen molar-refractivity contribution < 1.29 is 18.0 Å². The summed E-state index contributed by atoms with van der Waals surface area (Å²) >= 11 is 0. The molecule has 0 spiro atoms. The van der Waals surface area contributed by atoms with Gasteiger partial charge in [0.15, 0.2) is 0 Å². The summed E-state index contributed by atoms with van der Waals surface area (Å²) in [5, 5.41) is 2.62. The number of piperazine rings is 1. The van der Waals surface area contributed by atoms with Gasteiger partial charge in [-0.2, -0.15) is 13.2 Å². The lowest BCUT2D eigenvalue weighted by Gasteiger charge is -2.33. The maximum atomic E-state index is 13.9. The molecule has 0 radical (unpaired) electrons. The minimum absolute atomic E-state index is 0.0904. The highest BCUT2D eigenvalue weighted by atomic mass is 19.4. The number of fused-ring (bicyclic) bond motifs is 1. The molecular weight excluding hydrogens is 505 g/mol. The van der Waals surface area contributed by atoms with E-state index in [0.29, 0.717) is 29.9 Å². The number of hydrogen-bond acceptors (Lipinski definition) is 5. The van der Waals surface area contributed by atoms with Crippen molar-refractivity contribution in [2.24, 2.45) is 0 Å². The number of aromatic amines is 1. The van der Waals surface area contributed by atoms with Gasteiger partial charge in [-0.05, 0) is 67.4 Å². The van der Waals surface area contributed by atoms with E-state index < -0.39 is 17.6 Å². The number of alkyl halides is 3. The molecule has 3 aromatic rings. The smallest absolute Gasteiger partial charge is 0.347 e. The minimum atomic E-state index is -4.53. The molecule has 4 N–H and O–H groups in total. The summed E-state index contributed by atoms with van der Waals surface area (Å²) in [5.74, 6) is 6.46. The van der Waals surface area contributed by atoms with Crippen LogP contribution in [-0.4, -0.2) is 53.9 Å². The number of H-pyrrole nitrogens is 1. The van der Waals surface area contributed by atoms with Crippen LogP contribution in [-0.2, 0) is 12.7 Å². The van der Waals surface area contributed by atoms with Crippen LogP contribution >= 0.6 is 0 Å². The molecule has 7 nitrogen and oxygen atoms in total. The number of anilines is 2. The number of carbonyl (C=O) groups is 1. The van der Waals surface area contributed by atoms with Crippen LogP contribution < -0.4 is 16.2 Å². The number of aromatic nitrogens is 1. The summed E-state index contributed by atoms with van der Waals surface area (Å²) in [6, 6.07) is 11.0. The second kappa shape index (κ2) is 10.9. The average molecular weight is 535 g/mol. The van der Waals surface area contributed by atoms with Crippen LogP contribution in [0.1, 0.15) is 38.2 Å². The Labute approximate surface area is 225 Å². The van der Waals surface area contributed by atoms with Crippen molar-refractivity contribution in [1.82, 2.24) is 20.2 Å². The molecule has 2 aliphatic rings. The first kappa shape index (κ1) is 26.4. The van der Waals surface area contributed by atoms with Crippen LogP contribution in [0.4, 0.5) is 24.7 Å². The number of nitrogens with one attached hydrogen (secondary N) is 4. The lowest BCUT2D eigenvalue weighted by Crippen LogP contribution is -2.44. The summed E-state index contributed by atoms with van der Waals surface area (Å²) < 4.78 is 41.8. The minimum Gasteiger partial charge on any atom is -0.347 e. The van der Waals surface area contributed by atoms with Crippen LogP contribution in [0.15, 0.2) is 54.4 Å². The molecule has 5 rings (SSSR count). The monoisotopic (exact) mass is 534 g/mol. The van der Waals surface area contributed by atoms with E-state index in [0.717, 1.165) is 36.1 Å². The number of allylic oxidation sites excluding steroid dienone is 1. The van der Waals surface area contributed by atoms with Crippen molar-refractivity contribution in [1.29, 1.82) is 0 Å². The second-order valence-electron chi connectivity index (χ2n) is 9.80. The average Bonchev–Trinajstić information content (AvgIpc) is 3.38. The SMILES string of the molecule is Cc1ccc(C(=O)Nc2ccc(CN3CCN(C)CC3)c(C(F)(F)F)c2)cc1C#CC1=Cc2cc[nH]c2NN1. The Bertz CT molecular complexity index is 1470. The number of aryl methyl sites for hydroxylation is 1. The molecule has 2 aliphatic heterocycles. The van der Waals surface area contributed by atoms with Crippen molar-refractivity contribution in [3.05, 3.63) is 87.7 Å². The Hall–Kier alpha value is -4.20. The maximum Gasteiger partial charge on any atom is 0.416 e. The van der Waals surface area contributed by atoms with Gasteiger partial charge in [0, 0.05) is 61.3 Å². The molecule has 0 aliphatic carbocycles. The number of hydrogen-bond donors (Lipinski definition) is 4. The molecule has 1 aromatic heterocycles. The normalized spacial score (nSPS) is 15.8. The number of benzene rings is 2. The van der Waals surface area contributed by atoms with Gasteiger partial charge in [0.25, 0.3) is 5.91 Å². The van der Waals surface area contributed by atoms with Gasteiger partial charge >= 0.3 is 6.18 Å². The topological polar surface area (TPSA) is 75.4 Å². The van der Waals surface area contributed by atoms with E-state index in [1.54, 1.807) is 18.2 Å². The van der Waals surface area contributed by atoms with Crippen LogP contribution in [0.2, 0.25) is 0 Å². The number of nitrogens with zero attached hydrogens (tertiary/aromatic N) is 2. The molecule has 0 atom stereocenters. The largest absolute Gasteiger partial charge is 0.416 e. The quantitative estimate of drug-likeness (QED) is 0.367. The number of carbonyl (C=O) groups excluding carboxylic acids is 1. The van der Waals surface area contributed by atoms with E-state index >= 15 is 0 Å². The van der Waals surface area contributed by atoms with E-state index in [1.165, 1.54) is 12.1 Å². The summed E-state index contributed by atoms with van der Waals surface area (Å²) in [7, 11) is 2.00. The Morgan fingerprint density at radius 1 is 1.03 bits per heavy atom. The molecule has 1 fully saturated rings. The van der Waals surface area contributed by atoms with Gasteiger partial charge in [-0.15, -0.1) is 0 Å². The lowest BCUT2D eigenvalue weighted by atomic mass is 10.0. The molecule has 39 heavy (non-hydrogen) atoms. The van der Waals surface area contributed by atoms with Crippen LogP contribution in [0.25, 0.3) is 6.08 Å². The molecule has 2 aromatic carbocycles. The van der Waals surface area contributed by atoms with Gasteiger partial charge in [-0.25, -0.2) is 0 Å². The molecule has 1 saturated heterocycles. The predicted molar refractivity (Wildman–Crippen MR) is 146 cm³/mol. The van der Waals surface area contributed by atoms with Gasteiger partial charge in [-0.3, -0.25) is 20.5 Å². The highest BCUT2D eigenvalue weighted by molar-refractivity contribution is 6.04. The predicted octanol–water partition coefficient (Wildman–Crippen LogP) is 4.66. The molecule has 1 amide bonds. The van der Waals surface area contributed by atoms with Gasteiger partial charge in [-0.1, -0.05) is 18.1 Å². The Morgan fingerprint density at radius 2 is 1.82 bits per heavy atom. The highest BCUT2D eigenvalue weighted by Crippen LogP contribution is 2.34. The molecule has 0 bridgehead atoms. The first-order valence-electron chi connectivity index (χ1n) is 12.6. The van der Waals surface area contributed by atoms with Crippen LogP contribution in [0, 0.1) is 18.8 Å². The lowest BCUT2D eigenvalue weighted by molar-refractivity contribution is -0.138. The zero-order valence-electron chi connectivity index (χ0n) is 21.7.